The largest absolute Gasteiger partial charge is 0.379 e. The molecular weight excluding hydrogens is 172 g/mol. The smallest absolute Gasteiger partial charge is 0.0692 e. The van der Waals surface area contributed by atoms with Gasteiger partial charge in [0.1, 0.15) is 0 Å². The van der Waals surface area contributed by atoms with Crippen LogP contribution in [0.1, 0.15) is 0 Å². The summed E-state index contributed by atoms with van der Waals surface area (Å²) >= 11 is 0. The van der Waals surface area contributed by atoms with E-state index in [0.717, 1.165) is 0 Å². The molecule has 1 heterocycles. The van der Waals surface area contributed by atoms with E-state index in [0.29, 0.717) is 26.3 Å². The van der Waals surface area contributed by atoms with Gasteiger partial charge in [-0.1, -0.05) is 10.3 Å². The van der Waals surface area contributed by atoms with E-state index in [-0.39, 0.29) is 0 Å². The fourth-order valence-corrected chi connectivity index (χ4v) is 0.762. The van der Waals surface area contributed by atoms with Gasteiger partial charge in [0.05, 0.1) is 26.0 Å². The highest BCUT2D eigenvalue weighted by Gasteiger charge is 1.90. The second kappa shape index (κ2) is 5.99. The summed E-state index contributed by atoms with van der Waals surface area (Å²) in [5, 5.41) is 10.7. The van der Waals surface area contributed by atoms with E-state index in [2.05, 4.69) is 20.3 Å². The van der Waals surface area contributed by atoms with Crippen LogP contribution < -0.4 is 0 Å². The Bertz CT molecular complexity index is 265. The van der Waals surface area contributed by atoms with Crippen molar-refractivity contribution >= 4 is 0 Å². The third kappa shape index (κ3) is 4.09. The molecule has 0 atom stereocenters. The van der Waals surface area contributed by atoms with E-state index in [1.807, 2.05) is 0 Å². The molecule has 70 valence electrons. The van der Waals surface area contributed by atoms with Crippen LogP contribution in [0.15, 0.2) is 17.5 Å². The van der Waals surface area contributed by atoms with Gasteiger partial charge in [-0.25, -0.2) is 0 Å². The average molecular weight is 182 g/mol. The number of hydrogen-bond acceptors (Lipinski definition) is 4. The summed E-state index contributed by atoms with van der Waals surface area (Å²) < 4.78 is 6.83. The second-order valence-electron chi connectivity index (χ2n) is 2.23. The summed E-state index contributed by atoms with van der Waals surface area (Å²) in [7, 11) is 0. The number of nitrogens with zero attached hydrogens (tertiary/aromatic N) is 6. The quantitative estimate of drug-likeness (QED) is 0.279. The van der Waals surface area contributed by atoms with Crippen molar-refractivity contribution in [3.05, 3.63) is 22.8 Å². The zero-order valence-electron chi connectivity index (χ0n) is 7.07. The summed E-state index contributed by atoms with van der Waals surface area (Å²) in [6.45, 7) is 2.02. The number of aromatic nitrogens is 3. The van der Waals surface area contributed by atoms with E-state index in [1.54, 1.807) is 17.1 Å². The van der Waals surface area contributed by atoms with Gasteiger partial charge in [-0.05, 0) is 5.53 Å². The van der Waals surface area contributed by atoms with E-state index >= 15 is 0 Å². The third-order valence-corrected chi connectivity index (χ3v) is 1.34. The van der Waals surface area contributed by atoms with Gasteiger partial charge in [0.25, 0.3) is 0 Å². The Morgan fingerprint density at radius 2 is 2.46 bits per heavy atom. The molecule has 1 aromatic rings. The molecule has 0 fully saturated rings. The molecule has 0 unspecified atom stereocenters. The Morgan fingerprint density at radius 3 is 3.15 bits per heavy atom. The molecule has 0 N–H and O–H groups in total. The van der Waals surface area contributed by atoms with E-state index < -0.39 is 0 Å². The first-order valence-electron chi connectivity index (χ1n) is 3.86. The van der Waals surface area contributed by atoms with Gasteiger partial charge >= 0.3 is 0 Å². The summed E-state index contributed by atoms with van der Waals surface area (Å²) in [5.41, 5.74) is 7.95. The molecule has 0 amide bonds. The molecule has 0 radical (unpaired) electrons. The Hall–Kier alpha value is -1.59. The Labute approximate surface area is 74.9 Å². The Balaban J connectivity index is 1.99. The molecule has 0 saturated carbocycles. The maximum absolute atomic E-state index is 7.95. The Morgan fingerprint density at radius 1 is 1.54 bits per heavy atom. The summed E-state index contributed by atoms with van der Waals surface area (Å²) in [4.78, 5) is 2.60. The molecule has 1 aromatic heterocycles. The molecule has 0 spiro atoms. The number of rotatable bonds is 6. The van der Waals surface area contributed by atoms with Crippen LogP contribution in [0, 0.1) is 0 Å². The minimum Gasteiger partial charge on any atom is -0.379 e. The van der Waals surface area contributed by atoms with E-state index in [4.69, 9.17) is 10.3 Å². The lowest BCUT2D eigenvalue weighted by atomic mass is 10.6. The molecule has 13 heavy (non-hydrogen) atoms. The minimum atomic E-state index is 0.369. The maximum atomic E-state index is 7.95. The van der Waals surface area contributed by atoms with Crippen LogP contribution in [-0.4, -0.2) is 34.8 Å². The van der Waals surface area contributed by atoms with Crippen molar-refractivity contribution in [3.63, 3.8) is 0 Å². The van der Waals surface area contributed by atoms with Crippen LogP contribution in [0.3, 0.4) is 0 Å². The normalized spacial score (nSPS) is 9.54. The van der Waals surface area contributed by atoms with Gasteiger partial charge < -0.3 is 4.74 Å². The summed E-state index contributed by atoms with van der Waals surface area (Å²) in [5.74, 6) is 0. The van der Waals surface area contributed by atoms with Gasteiger partial charge in [-0.2, -0.15) is 0 Å². The lowest BCUT2D eigenvalue weighted by Crippen LogP contribution is -2.08. The van der Waals surface area contributed by atoms with E-state index in [1.165, 1.54) is 0 Å². The fourth-order valence-electron chi connectivity index (χ4n) is 0.762. The van der Waals surface area contributed by atoms with Crippen molar-refractivity contribution in [2.75, 3.05) is 19.8 Å². The topological polar surface area (TPSA) is 88.7 Å². The molecule has 0 aliphatic carbocycles. The molecular formula is C6H10N6O. The maximum Gasteiger partial charge on any atom is 0.0692 e. The highest BCUT2D eigenvalue weighted by molar-refractivity contribution is 4.63. The lowest BCUT2D eigenvalue weighted by molar-refractivity contribution is 0.130. The van der Waals surface area contributed by atoms with E-state index in [9.17, 15) is 0 Å². The summed E-state index contributed by atoms with van der Waals surface area (Å²) in [6, 6.07) is 0. The van der Waals surface area contributed by atoms with Crippen molar-refractivity contribution in [1.82, 2.24) is 15.0 Å². The Kier molecular flexibility index (Phi) is 4.37. The van der Waals surface area contributed by atoms with Crippen LogP contribution in [0.25, 0.3) is 10.4 Å². The van der Waals surface area contributed by atoms with Crippen molar-refractivity contribution in [2.24, 2.45) is 5.11 Å². The van der Waals surface area contributed by atoms with Crippen LogP contribution in [0.5, 0.6) is 0 Å². The monoisotopic (exact) mass is 182 g/mol. The third-order valence-electron chi connectivity index (χ3n) is 1.34. The zero-order valence-corrected chi connectivity index (χ0v) is 7.07. The average Bonchev–Trinajstić information content (AvgIpc) is 2.63. The van der Waals surface area contributed by atoms with Gasteiger partial charge in [0, 0.05) is 17.7 Å². The first kappa shape index (κ1) is 9.50. The molecule has 7 nitrogen and oxygen atoms in total. The SMILES string of the molecule is [N-]=[N+]=NCCOCCn1ccnn1. The van der Waals surface area contributed by atoms with Crippen LogP contribution in [0.4, 0.5) is 0 Å². The number of hydrogen-bond donors (Lipinski definition) is 0. The zero-order chi connectivity index (χ0) is 9.36. The molecule has 1 rings (SSSR count). The molecule has 0 aliphatic rings. The fraction of sp³-hybridized carbons (Fsp3) is 0.667. The van der Waals surface area contributed by atoms with Gasteiger partial charge in [-0.15, -0.1) is 5.10 Å². The molecule has 0 bridgehead atoms. The minimum absolute atomic E-state index is 0.369. The highest BCUT2D eigenvalue weighted by Crippen LogP contribution is 1.83. The number of ether oxygens (including phenoxy) is 1. The van der Waals surface area contributed by atoms with Crippen LogP contribution in [0.2, 0.25) is 0 Å². The van der Waals surface area contributed by atoms with Crippen LogP contribution in [-0.2, 0) is 11.3 Å². The predicted molar refractivity (Wildman–Crippen MR) is 44.9 cm³/mol. The first-order chi connectivity index (χ1) is 6.43. The molecule has 0 aromatic carbocycles. The lowest BCUT2D eigenvalue weighted by Gasteiger charge is -2.00. The molecule has 0 aliphatic heterocycles. The second-order valence-corrected chi connectivity index (χ2v) is 2.23. The van der Waals surface area contributed by atoms with Gasteiger partial charge in [0.2, 0.25) is 0 Å². The van der Waals surface area contributed by atoms with Gasteiger partial charge in [0.15, 0.2) is 0 Å². The van der Waals surface area contributed by atoms with Gasteiger partial charge in [-0.3, -0.25) is 4.68 Å². The first-order valence-corrected chi connectivity index (χ1v) is 3.86. The van der Waals surface area contributed by atoms with Crippen molar-refractivity contribution in [3.8, 4) is 0 Å². The molecule has 0 saturated heterocycles. The number of azide groups is 1. The summed E-state index contributed by atoms with van der Waals surface area (Å²) in [6.07, 6.45) is 3.37. The van der Waals surface area contributed by atoms with Crippen molar-refractivity contribution in [2.45, 2.75) is 6.54 Å². The standard InChI is InChI=1S/C6H10N6O/c7-10-8-2-5-13-6-4-12-3-1-9-11-12/h1,3H,2,4-6H2. The predicted octanol–water partition coefficient (Wildman–Crippen LogP) is 0.605. The van der Waals surface area contributed by atoms with Crippen molar-refractivity contribution in [1.29, 1.82) is 0 Å². The molecule has 7 heteroatoms. The van der Waals surface area contributed by atoms with Crippen LogP contribution >= 0.6 is 0 Å². The van der Waals surface area contributed by atoms with Crippen molar-refractivity contribution < 1.29 is 4.74 Å². The highest BCUT2D eigenvalue weighted by atomic mass is 16.5.